The highest BCUT2D eigenvalue weighted by molar-refractivity contribution is 5.46. The molecule has 0 unspecified atom stereocenters. The van der Waals surface area contributed by atoms with Crippen LogP contribution in [0, 0.1) is 6.07 Å². The van der Waals surface area contributed by atoms with Crippen LogP contribution >= 0.6 is 0 Å². The van der Waals surface area contributed by atoms with Gasteiger partial charge in [-0.1, -0.05) is 24.3 Å². The molecule has 0 spiro atoms. The lowest BCUT2D eigenvalue weighted by Gasteiger charge is -2.21. The molecule has 0 aliphatic carbocycles. The normalized spacial score (nSPS) is 9.23. The number of hydrogen-bond donors (Lipinski definition) is 0. The van der Waals surface area contributed by atoms with E-state index < -0.39 is 0 Å². The molecule has 0 saturated heterocycles. The van der Waals surface area contributed by atoms with Crippen molar-refractivity contribution in [2.45, 2.75) is 0 Å². The second-order valence-electron chi connectivity index (χ2n) is 2.74. The highest BCUT2D eigenvalue weighted by atomic mass is 15.1. The van der Waals surface area contributed by atoms with E-state index in [1.807, 2.05) is 36.4 Å². The Kier molecular flexibility index (Phi) is 3.83. The molecule has 0 N–H and O–H groups in total. The van der Waals surface area contributed by atoms with Gasteiger partial charge in [-0.2, -0.15) is 0 Å². The van der Waals surface area contributed by atoms with Crippen LogP contribution in [0.5, 0.6) is 0 Å². The van der Waals surface area contributed by atoms with Gasteiger partial charge in [0.25, 0.3) is 0 Å². The first kappa shape index (κ1) is 9.59. The summed E-state index contributed by atoms with van der Waals surface area (Å²) in [6.07, 6.45) is 3.78. The first-order valence-corrected chi connectivity index (χ1v) is 4.31. The molecule has 1 nitrogen and oxygen atoms in total. The zero-order valence-electron chi connectivity index (χ0n) is 7.74. The summed E-state index contributed by atoms with van der Waals surface area (Å²) in [6, 6.07) is 10.9. The number of nitrogens with zero attached hydrogens (tertiary/aromatic N) is 1. The molecule has 1 heteroatoms. The van der Waals surface area contributed by atoms with Crippen LogP contribution in [-0.4, -0.2) is 13.1 Å². The van der Waals surface area contributed by atoms with Crippen molar-refractivity contribution < 1.29 is 0 Å². The molecule has 1 aromatic carbocycles. The van der Waals surface area contributed by atoms with E-state index in [1.54, 1.807) is 0 Å². The number of hydrogen-bond acceptors (Lipinski definition) is 1. The molecule has 13 heavy (non-hydrogen) atoms. The van der Waals surface area contributed by atoms with E-state index in [4.69, 9.17) is 0 Å². The average Bonchev–Trinajstić information content (AvgIpc) is 2.19. The molecular weight excluding hydrogens is 158 g/mol. The van der Waals surface area contributed by atoms with Crippen LogP contribution in [0.3, 0.4) is 0 Å². The second kappa shape index (κ2) is 5.20. The maximum Gasteiger partial charge on any atom is 0.0372 e. The molecule has 0 amide bonds. The highest BCUT2D eigenvalue weighted by Crippen LogP contribution is 2.12. The lowest BCUT2D eigenvalue weighted by atomic mass is 10.3. The van der Waals surface area contributed by atoms with Gasteiger partial charge in [0.2, 0.25) is 0 Å². The van der Waals surface area contributed by atoms with Gasteiger partial charge in [0.05, 0.1) is 0 Å². The molecule has 0 aromatic heterocycles. The zero-order chi connectivity index (χ0) is 9.52. The number of benzene rings is 1. The van der Waals surface area contributed by atoms with Crippen molar-refractivity contribution in [3.8, 4) is 0 Å². The lowest BCUT2D eigenvalue weighted by Crippen LogP contribution is -2.22. The topological polar surface area (TPSA) is 3.24 Å². The van der Waals surface area contributed by atoms with E-state index in [9.17, 15) is 0 Å². The van der Waals surface area contributed by atoms with E-state index >= 15 is 0 Å². The van der Waals surface area contributed by atoms with E-state index in [1.165, 1.54) is 5.69 Å². The lowest BCUT2D eigenvalue weighted by molar-refractivity contribution is 0.957. The minimum absolute atomic E-state index is 0.843. The first-order chi connectivity index (χ1) is 6.38. The summed E-state index contributed by atoms with van der Waals surface area (Å²) in [5.41, 5.74) is 1.18. The molecule has 1 radical (unpaired) electrons. The van der Waals surface area contributed by atoms with Crippen LogP contribution in [0.25, 0.3) is 0 Å². The van der Waals surface area contributed by atoms with Gasteiger partial charge in [-0.25, -0.2) is 0 Å². The summed E-state index contributed by atoms with van der Waals surface area (Å²) < 4.78 is 0. The van der Waals surface area contributed by atoms with Crippen LogP contribution in [0.1, 0.15) is 0 Å². The Morgan fingerprint density at radius 1 is 1.15 bits per heavy atom. The van der Waals surface area contributed by atoms with Crippen molar-refractivity contribution in [1.82, 2.24) is 0 Å². The molecule has 0 saturated carbocycles. The van der Waals surface area contributed by atoms with E-state index in [0.717, 1.165) is 13.1 Å². The largest absolute Gasteiger partial charge is 0.364 e. The van der Waals surface area contributed by atoms with Gasteiger partial charge in [-0.3, -0.25) is 0 Å². The highest BCUT2D eigenvalue weighted by Gasteiger charge is 1.99. The second-order valence-corrected chi connectivity index (χ2v) is 2.74. The summed E-state index contributed by atoms with van der Waals surface area (Å²) in [6.45, 7) is 9.14. The third-order valence-electron chi connectivity index (χ3n) is 1.76. The fourth-order valence-electron chi connectivity index (χ4n) is 1.19. The van der Waals surface area contributed by atoms with Crippen LogP contribution < -0.4 is 4.90 Å². The third-order valence-corrected chi connectivity index (χ3v) is 1.76. The minimum atomic E-state index is 0.843. The van der Waals surface area contributed by atoms with Gasteiger partial charge in [-0.15, -0.1) is 13.2 Å². The number of rotatable bonds is 5. The van der Waals surface area contributed by atoms with E-state index in [0.29, 0.717) is 0 Å². The predicted octanol–water partition coefficient (Wildman–Crippen LogP) is 2.67. The Morgan fingerprint density at radius 2 is 1.69 bits per heavy atom. The molecule has 67 valence electrons. The fourth-order valence-corrected chi connectivity index (χ4v) is 1.19. The van der Waals surface area contributed by atoms with E-state index in [2.05, 4.69) is 24.1 Å². The summed E-state index contributed by atoms with van der Waals surface area (Å²) in [5, 5.41) is 0. The van der Waals surface area contributed by atoms with Crippen LogP contribution in [0.15, 0.2) is 49.6 Å². The summed E-state index contributed by atoms with van der Waals surface area (Å²) in [7, 11) is 0. The maximum absolute atomic E-state index is 3.72. The molecule has 0 atom stereocenters. The molecule has 0 bridgehead atoms. The van der Waals surface area contributed by atoms with Gasteiger partial charge in [0.15, 0.2) is 0 Å². The van der Waals surface area contributed by atoms with Gasteiger partial charge < -0.3 is 4.90 Å². The van der Waals surface area contributed by atoms with Gasteiger partial charge >= 0.3 is 0 Å². The molecule has 1 rings (SSSR count). The molecule has 0 fully saturated rings. The van der Waals surface area contributed by atoms with Crippen LogP contribution in [0.2, 0.25) is 0 Å². The van der Waals surface area contributed by atoms with Gasteiger partial charge in [-0.05, 0) is 18.2 Å². The Bertz CT molecular complexity index is 254. The standard InChI is InChI=1S/C12H14N/c1-3-10-13(11-4-2)12-8-6-5-7-9-12/h3-4,6-9H,1-2,10-11H2. The number of anilines is 1. The summed E-state index contributed by atoms with van der Waals surface area (Å²) >= 11 is 0. The Morgan fingerprint density at radius 3 is 2.15 bits per heavy atom. The molecule has 1 aromatic rings. The van der Waals surface area contributed by atoms with Crippen molar-refractivity contribution in [3.05, 3.63) is 55.6 Å². The van der Waals surface area contributed by atoms with Crippen molar-refractivity contribution >= 4 is 5.69 Å². The van der Waals surface area contributed by atoms with Crippen LogP contribution in [-0.2, 0) is 0 Å². The maximum atomic E-state index is 3.72. The third kappa shape index (κ3) is 2.79. The van der Waals surface area contributed by atoms with E-state index in [-0.39, 0.29) is 0 Å². The monoisotopic (exact) mass is 172 g/mol. The van der Waals surface area contributed by atoms with Crippen molar-refractivity contribution in [2.75, 3.05) is 18.0 Å². The smallest absolute Gasteiger partial charge is 0.0372 e. The zero-order valence-corrected chi connectivity index (χ0v) is 7.74. The van der Waals surface area contributed by atoms with Crippen molar-refractivity contribution in [3.63, 3.8) is 0 Å². The average molecular weight is 172 g/mol. The molecule has 0 aliphatic rings. The summed E-state index contributed by atoms with van der Waals surface area (Å²) in [5.74, 6) is 0. The van der Waals surface area contributed by atoms with Gasteiger partial charge in [0, 0.05) is 18.8 Å². The fraction of sp³-hybridized carbons (Fsp3) is 0.167. The Hall–Kier alpha value is -1.50. The minimum Gasteiger partial charge on any atom is -0.364 e. The molecule has 0 heterocycles. The first-order valence-electron chi connectivity index (χ1n) is 4.31. The molecular formula is C12H14N. The Labute approximate surface area is 80.0 Å². The Balaban J connectivity index is 2.75. The van der Waals surface area contributed by atoms with Gasteiger partial charge in [0.1, 0.15) is 0 Å². The molecule has 0 aliphatic heterocycles. The van der Waals surface area contributed by atoms with Crippen LogP contribution in [0.4, 0.5) is 5.69 Å². The quantitative estimate of drug-likeness (QED) is 0.617. The predicted molar refractivity (Wildman–Crippen MR) is 57.9 cm³/mol. The van der Waals surface area contributed by atoms with Crippen molar-refractivity contribution in [1.29, 1.82) is 0 Å². The summed E-state index contributed by atoms with van der Waals surface area (Å²) in [4.78, 5) is 2.19. The van der Waals surface area contributed by atoms with Crippen molar-refractivity contribution in [2.24, 2.45) is 0 Å². The SMILES string of the molecule is C=CCN(CC=C)c1cc[c]cc1.